The molecule has 28 heavy (non-hydrogen) atoms. The Hall–Kier alpha value is -2.54. The third kappa shape index (κ3) is 5.25. The molecule has 0 radical (unpaired) electrons. The standard InChI is InChI=1S/C21H28N2O4S/c1-6-20(21(24)22-16(3)17-9-7-15(2)8-10-17)23(28(5,25)26)18-11-13-19(27-4)14-12-18/h7-14,16,20H,6H2,1-5H3,(H,22,24). The molecule has 0 saturated heterocycles. The number of nitrogens with one attached hydrogen (secondary N) is 1. The lowest BCUT2D eigenvalue weighted by atomic mass is 10.1. The van der Waals surface area contributed by atoms with Crippen molar-refractivity contribution in [3.8, 4) is 5.75 Å². The highest BCUT2D eigenvalue weighted by Gasteiger charge is 2.32. The van der Waals surface area contributed by atoms with Gasteiger partial charge in [0.2, 0.25) is 15.9 Å². The Kier molecular flexibility index (Phi) is 7.07. The highest BCUT2D eigenvalue weighted by molar-refractivity contribution is 7.92. The Bertz CT molecular complexity index is 893. The van der Waals surface area contributed by atoms with Crippen molar-refractivity contribution in [3.05, 3.63) is 59.7 Å². The molecule has 0 saturated carbocycles. The minimum absolute atomic E-state index is 0.237. The monoisotopic (exact) mass is 404 g/mol. The number of nitrogens with zero attached hydrogens (tertiary/aromatic N) is 1. The number of sulfonamides is 1. The van der Waals surface area contributed by atoms with Crippen LogP contribution in [-0.4, -0.2) is 33.7 Å². The molecule has 2 aromatic rings. The van der Waals surface area contributed by atoms with Crippen LogP contribution >= 0.6 is 0 Å². The number of carbonyl (C=O) groups excluding carboxylic acids is 1. The second kappa shape index (κ2) is 9.10. The van der Waals surface area contributed by atoms with Gasteiger partial charge in [-0.05, 0) is 50.1 Å². The number of anilines is 1. The van der Waals surface area contributed by atoms with Crippen molar-refractivity contribution in [1.29, 1.82) is 0 Å². The molecule has 0 fully saturated rings. The highest BCUT2D eigenvalue weighted by atomic mass is 32.2. The first kappa shape index (κ1) is 21.8. The number of benzene rings is 2. The molecular weight excluding hydrogens is 376 g/mol. The molecule has 0 aromatic heterocycles. The molecule has 0 spiro atoms. The van der Waals surface area contributed by atoms with Gasteiger partial charge in [-0.2, -0.15) is 0 Å². The van der Waals surface area contributed by atoms with Gasteiger partial charge in [0.25, 0.3) is 0 Å². The molecule has 2 unspecified atom stereocenters. The SMILES string of the molecule is CCC(C(=O)NC(C)c1ccc(C)cc1)N(c1ccc(OC)cc1)S(C)(=O)=O. The minimum Gasteiger partial charge on any atom is -0.497 e. The summed E-state index contributed by atoms with van der Waals surface area (Å²) in [7, 11) is -2.13. The molecule has 1 amide bonds. The van der Waals surface area contributed by atoms with Crippen molar-refractivity contribution in [2.75, 3.05) is 17.7 Å². The number of hydrogen-bond acceptors (Lipinski definition) is 4. The van der Waals surface area contributed by atoms with E-state index in [1.54, 1.807) is 31.2 Å². The molecule has 2 rings (SSSR count). The Morgan fingerprint density at radius 3 is 2.14 bits per heavy atom. The van der Waals surface area contributed by atoms with E-state index in [1.165, 1.54) is 11.4 Å². The van der Waals surface area contributed by atoms with Gasteiger partial charge in [-0.3, -0.25) is 9.10 Å². The summed E-state index contributed by atoms with van der Waals surface area (Å²) < 4.78 is 31.3. The summed E-state index contributed by atoms with van der Waals surface area (Å²) in [5.74, 6) is 0.277. The van der Waals surface area contributed by atoms with E-state index in [0.29, 0.717) is 17.9 Å². The number of rotatable bonds is 8. The molecule has 2 aromatic carbocycles. The average Bonchev–Trinajstić information content (AvgIpc) is 2.65. The lowest BCUT2D eigenvalue weighted by molar-refractivity contribution is -0.122. The lowest BCUT2D eigenvalue weighted by Gasteiger charge is -2.31. The number of carbonyl (C=O) groups is 1. The number of ether oxygens (including phenoxy) is 1. The highest BCUT2D eigenvalue weighted by Crippen LogP contribution is 2.25. The van der Waals surface area contributed by atoms with Crippen LogP contribution in [0.1, 0.15) is 37.4 Å². The molecule has 0 aliphatic heterocycles. The van der Waals surface area contributed by atoms with E-state index in [2.05, 4.69) is 5.32 Å². The summed E-state index contributed by atoms with van der Waals surface area (Å²) in [5.41, 5.74) is 2.52. The Morgan fingerprint density at radius 2 is 1.68 bits per heavy atom. The maximum atomic E-state index is 13.0. The van der Waals surface area contributed by atoms with Gasteiger partial charge in [-0.15, -0.1) is 0 Å². The molecule has 7 heteroatoms. The van der Waals surface area contributed by atoms with Crippen molar-refractivity contribution < 1.29 is 17.9 Å². The van der Waals surface area contributed by atoms with E-state index in [4.69, 9.17) is 4.74 Å². The van der Waals surface area contributed by atoms with Gasteiger partial charge in [0.15, 0.2) is 0 Å². The van der Waals surface area contributed by atoms with Gasteiger partial charge in [0.05, 0.1) is 25.1 Å². The fourth-order valence-corrected chi connectivity index (χ4v) is 4.25. The number of amides is 1. The first-order valence-corrected chi connectivity index (χ1v) is 11.0. The predicted molar refractivity (Wildman–Crippen MR) is 112 cm³/mol. The third-order valence-electron chi connectivity index (χ3n) is 4.59. The summed E-state index contributed by atoms with van der Waals surface area (Å²) >= 11 is 0. The average molecular weight is 405 g/mol. The molecule has 0 bridgehead atoms. The van der Waals surface area contributed by atoms with Gasteiger partial charge in [-0.25, -0.2) is 8.42 Å². The van der Waals surface area contributed by atoms with E-state index >= 15 is 0 Å². The molecule has 2 atom stereocenters. The topological polar surface area (TPSA) is 75.7 Å². The second-order valence-electron chi connectivity index (χ2n) is 6.82. The smallest absolute Gasteiger partial charge is 0.244 e. The van der Waals surface area contributed by atoms with Crippen LogP contribution in [-0.2, 0) is 14.8 Å². The van der Waals surface area contributed by atoms with Gasteiger partial charge in [0.1, 0.15) is 11.8 Å². The molecular formula is C21H28N2O4S. The van der Waals surface area contributed by atoms with Crippen LogP contribution in [0.3, 0.4) is 0 Å². The van der Waals surface area contributed by atoms with Crippen LogP contribution in [0.2, 0.25) is 0 Å². The van der Waals surface area contributed by atoms with E-state index in [1.807, 2.05) is 38.1 Å². The number of aryl methyl sites for hydroxylation is 1. The van der Waals surface area contributed by atoms with E-state index in [0.717, 1.165) is 17.4 Å². The molecule has 6 nitrogen and oxygen atoms in total. The summed E-state index contributed by atoms with van der Waals surface area (Å²) in [5, 5.41) is 2.94. The van der Waals surface area contributed by atoms with Crippen LogP contribution in [0.25, 0.3) is 0 Å². The fraction of sp³-hybridized carbons (Fsp3) is 0.381. The molecule has 0 heterocycles. The molecule has 0 aliphatic rings. The van der Waals surface area contributed by atoms with E-state index in [9.17, 15) is 13.2 Å². The summed E-state index contributed by atoms with van der Waals surface area (Å²) in [6, 6.07) is 13.4. The van der Waals surface area contributed by atoms with Crippen molar-refractivity contribution in [2.45, 2.75) is 39.3 Å². The van der Waals surface area contributed by atoms with Crippen LogP contribution in [0.5, 0.6) is 5.75 Å². The van der Waals surface area contributed by atoms with E-state index < -0.39 is 16.1 Å². The van der Waals surface area contributed by atoms with Gasteiger partial charge in [0, 0.05) is 0 Å². The summed E-state index contributed by atoms with van der Waals surface area (Å²) in [6.07, 6.45) is 1.45. The van der Waals surface area contributed by atoms with Crippen molar-refractivity contribution >= 4 is 21.6 Å². The molecule has 152 valence electrons. The summed E-state index contributed by atoms with van der Waals surface area (Å²) in [6.45, 7) is 5.68. The first-order valence-electron chi connectivity index (χ1n) is 9.17. The second-order valence-corrected chi connectivity index (χ2v) is 8.68. The third-order valence-corrected chi connectivity index (χ3v) is 5.77. The quantitative estimate of drug-likeness (QED) is 0.731. The predicted octanol–water partition coefficient (Wildman–Crippen LogP) is 3.43. The van der Waals surface area contributed by atoms with Gasteiger partial charge in [-0.1, -0.05) is 36.8 Å². The largest absolute Gasteiger partial charge is 0.497 e. The van der Waals surface area contributed by atoms with Crippen LogP contribution < -0.4 is 14.4 Å². The first-order chi connectivity index (χ1) is 13.2. The van der Waals surface area contributed by atoms with Crippen LogP contribution in [0.4, 0.5) is 5.69 Å². The maximum Gasteiger partial charge on any atom is 0.244 e. The zero-order chi connectivity index (χ0) is 20.9. The van der Waals surface area contributed by atoms with Crippen LogP contribution in [0, 0.1) is 6.92 Å². The van der Waals surface area contributed by atoms with Crippen LogP contribution in [0.15, 0.2) is 48.5 Å². The normalized spacial score (nSPS) is 13.5. The summed E-state index contributed by atoms with van der Waals surface area (Å²) in [4.78, 5) is 13.0. The van der Waals surface area contributed by atoms with Crippen molar-refractivity contribution in [1.82, 2.24) is 5.32 Å². The Labute approximate surface area is 167 Å². The van der Waals surface area contributed by atoms with Crippen molar-refractivity contribution in [3.63, 3.8) is 0 Å². The zero-order valence-electron chi connectivity index (χ0n) is 17.0. The minimum atomic E-state index is -3.67. The zero-order valence-corrected chi connectivity index (χ0v) is 17.8. The van der Waals surface area contributed by atoms with Gasteiger partial charge < -0.3 is 10.1 Å². The Morgan fingerprint density at radius 1 is 1.11 bits per heavy atom. The van der Waals surface area contributed by atoms with Gasteiger partial charge >= 0.3 is 0 Å². The molecule has 0 aliphatic carbocycles. The fourth-order valence-electron chi connectivity index (χ4n) is 3.04. The maximum absolute atomic E-state index is 13.0. The Balaban J connectivity index is 2.29. The van der Waals surface area contributed by atoms with Crippen molar-refractivity contribution in [2.24, 2.45) is 0 Å². The lowest BCUT2D eigenvalue weighted by Crippen LogP contribution is -2.49. The number of methoxy groups -OCH3 is 1. The van der Waals surface area contributed by atoms with E-state index in [-0.39, 0.29) is 11.9 Å². The number of hydrogen-bond donors (Lipinski definition) is 1. The molecule has 1 N–H and O–H groups in total.